The molecule has 1 amide bonds. The zero-order valence-corrected chi connectivity index (χ0v) is 17.8. The van der Waals surface area contributed by atoms with Crippen molar-refractivity contribution >= 4 is 27.3 Å². The Balaban J connectivity index is 1.58. The first-order chi connectivity index (χ1) is 14.5. The van der Waals surface area contributed by atoms with Gasteiger partial charge in [0.1, 0.15) is 5.82 Å². The monoisotopic (exact) mass is 477 g/mol. The van der Waals surface area contributed by atoms with Crippen LogP contribution in [0.2, 0.25) is 5.02 Å². The summed E-state index contributed by atoms with van der Waals surface area (Å²) in [6.07, 6.45) is -3.07. The minimum atomic E-state index is -4.62. The van der Waals surface area contributed by atoms with E-state index < -0.39 is 38.6 Å². The van der Waals surface area contributed by atoms with Crippen LogP contribution in [0, 0.1) is 11.7 Å². The maximum Gasteiger partial charge on any atom is 0.416 e. The molecule has 4 nitrogen and oxygen atoms in total. The number of rotatable bonds is 5. The van der Waals surface area contributed by atoms with Crippen LogP contribution in [0.3, 0.4) is 0 Å². The Bertz CT molecular complexity index is 1040. The minimum Gasteiger partial charge on any atom is -0.352 e. The topological polar surface area (TPSA) is 63.2 Å². The first-order valence-electron chi connectivity index (χ1n) is 9.62. The molecule has 168 valence electrons. The first kappa shape index (κ1) is 23.5. The van der Waals surface area contributed by atoms with Gasteiger partial charge in [-0.3, -0.25) is 4.79 Å². The van der Waals surface area contributed by atoms with E-state index in [-0.39, 0.29) is 40.8 Å². The fourth-order valence-corrected chi connectivity index (χ4v) is 5.77. The maximum atomic E-state index is 13.4. The molecule has 10 heteroatoms. The van der Waals surface area contributed by atoms with Crippen LogP contribution in [-0.4, -0.2) is 26.1 Å². The number of halogens is 5. The number of hydrogen-bond acceptors (Lipinski definition) is 3. The van der Waals surface area contributed by atoms with Gasteiger partial charge in [0.25, 0.3) is 5.91 Å². The Morgan fingerprint density at radius 3 is 2.35 bits per heavy atom. The molecule has 0 heterocycles. The Kier molecular flexibility index (Phi) is 6.95. The number of carbonyl (C=O) groups excluding carboxylic acids is 1. The maximum absolute atomic E-state index is 13.4. The highest BCUT2D eigenvalue weighted by molar-refractivity contribution is 7.92. The summed E-state index contributed by atoms with van der Waals surface area (Å²) < 4.78 is 77.7. The fraction of sp³-hybridized carbons (Fsp3) is 0.381. The van der Waals surface area contributed by atoms with E-state index >= 15 is 0 Å². The van der Waals surface area contributed by atoms with Crippen molar-refractivity contribution in [1.29, 1.82) is 0 Å². The Labute approximate surface area is 182 Å². The van der Waals surface area contributed by atoms with Crippen LogP contribution in [0.25, 0.3) is 0 Å². The molecule has 0 radical (unpaired) electrons. The molecule has 0 atom stereocenters. The predicted molar refractivity (Wildman–Crippen MR) is 108 cm³/mol. The number of amides is 1. The smallest absolute Gasteiger partial charge is 0.352 e. The molecule has 1 fully saturated rings. The van der Waals surface area contributed by atoms with E-state index in [9.17, 15) is 30.8 Å². The quantitative estimate of drug-likeness (QED) is 0.597. The van der Waals surface area contributed by atoms with Crippen LogP contribution < -0.4 is 5.32 Å². The number of carbonyl (C=O) groups is 1. The van der Waals surface area contributed by atoms with Crippen LogP contribution in [0.4, 0.5) is 17.6 Å². The van der Waals surface area contributed by atoms with E-state index in [1.165, 1.54) is 12.1 Å². The Morgan fingerprint density at radius 1 is 1.06 bits per heavy atom. The molecule has 2 aromatic rings. The molecule has 1 N–H and O–H groups in total. The van der Waals surface area contributed by atoms with E-state index in [0.717, 1.165) is 24.3 Å². The van der Waals surface area contributed by atoms with Crippen molar-refractivity contribution in [2.24, 2.45) is 5.92 Å². The van der Waals surface area contributed by atoms with Gasteiger partial charge < -0.3 is 5.32 Å². The molecule has 0 aliphatic heterocycles. The third-order valence-electron chi connectivity index (χ3n) is 5.40. The number of sulfone groups is 1. The van der Waals surface area contributed by atoms with Crippen molar-refractivity contribution in [3.63, 3.8) is 0 Å². The average Bonchev–Trinajstić information content (AvgIpc) is 2.71. The summed E-state index contributed by atoms with van der Waals surface area (Å²) in [5, 5.41) is 2.02. The van der Waals surface area contributed by atoms with E-state index in [1.807, 2.05) is 0 Å². The summed E-state index contributed by atoms with van der Waals surface area (Å²) in [7, 11) is -3.90. The second kappa shape index (κ2) is 9.16. The predicted octanol–water partition coefficient (Wildman–Crippen LogP) is 5.26. The van der Waals surface area contributed by atoms with Gasteiger partial charge in [0.05, 0.1) is 15.7 Å². The van der Waals surface area contributed by atoms with Crippen molar-refractivity contribution in [3.8, 4) is 0 Å². The lowest BCUT2D eigenvalue weighted by molar-refractivity contribution is -0.137. The average molecular weight is 478 g/mol. The highest BCUT2D eigenvalue weighted by atomic mass is 35.5. The molecule has 1 aliphatic carbocycles. The van der Waals surface area contributed by atoms with Crippen molar-refractivity contribution in [2.75, 3.05) is 6.54 Å². The van der Waals surface area contributed by atoms with E-state index in [0.29, 0.717) is 18.9 Å². The highest BCUT2D eigenvalue weighted by Gasteiger charge is 2.35. The summed E-state index contributed by atoms with van der Waals surface area (Å²) in [5.41, 5.74) is -0.909. The van der Waals surface area contributed by atoms with Crippen LogP contribution in [0.1, 0.15) is 41.6 Å². The second-order valence-electron chi connectivity index (χ2n) is 7.58. The minimum absolute atomic E-state index is 0.0148. The zero-order valence-electron chi connectivity index (χ0n) is 16.3. The summed E-state index contributed by atoms with van der Waals surface area (Å²) in [5.74, 6) is -1.10. The van der Waals surface area contributed by atoms with E-state index in [2.05, 4.69) is 5.32 Å². The van der Waals surface area contributed by atoms with Crippen LogP contribution in [0.5, 0.6) is 0 Å². The van der Waals surface area contributed by atoms with Gasteiger partial charge in [-0.2, -0.15) is 13.2 Å². The summed E-state index contributed by atoms with van der Waals surface area (Å²) in [6, 6.07) is 7.29. The van der Waals surface area contributed by atoms with Crippen molar-refractivity contribution in [3.05, 3.63) is 64.4 Å². The summed E-state index contributed by atoms with van der Waals surface area (Å²) >= 11 is 5.75. The largest absolute Gasteiger partial charge is 0.416 e. The Morgan fingerprint density at radius 2 is 1.74 bits per heavy atom. The number of nitrogens with one attached hydrogen (secondary N) is 1. The third-order valence-corrected chi connectivity index (χ3v) is 7.88. The fourth-order valence-electron chi connectivity index (χ4n) is 3.71. The molecular formula is C21H20ClF4NO3S. The second-order valence-corrected chi connectivity index (χ2v) is 10.2. The van der Waals surface area contributed by atoms with Gasteiger partial charge in [-0.15, -0.1) is 0 Å². The molecule has 31 heavy (non-hydrogen) atoms. The molecule has 3 rings (SSSR count). The van der Waals surface area contributed by atoms with Crippen molar-refractivity contribution in [2.45, 2.75) is 42.0 Å². The van der Waals surface area contributed by atoms with Crippen molar-refractivity contribution in [1.82, 2.24) is 5.32 Å². The van der Waals surface area contributed by atoms with Crippen LogP contribution in [-0.2, 0) is 16.0 Å². The molecule has 0 saturated heterocycles. The van der Waals surface area contributed by atoms with Gasteiger partial charge in [-0.1, -0.05) is 17.7 Å². The number of benzene rings is 2. The van der Waals surface area contributed by atoms with Gasteiger partial charge in [-0.05, 0) is 68.0 Å². The molecule has 0 aromatic heterocycles. The highest BCUT2D eigenvalue weighted by Crippen LogP contribution is 2.35. The van der Waals surface area contributed by atoms with Gasteiger partial charge in [-0.25, -0.2) is 12.8 Å². The molecule has 0 spiro atoms. The molecule has 1 aliphatic rings. The first-order valence-corrected chi connectivity index (χ1v) is 11.5. The Hall–Kier alpha value is -2.13. The summed E-state index contributed by atoms with van der Waals surface area (Å²) in [4.78, 5) is 11.9. The molecule has 0 unspecified atom stereocenters. The molecule has 1 saturated carbocycles. The van der Waals surface area contributed by atoms with Crippen molar-refractivity contribution < 1.29 is 30.8 Å². The zero-order chi connectivity index (χ0) is 22.8. The standard InChI is InChI=1S/C21H20ClF4NO3S/c22-16-8-14(9-17(23)11-16)20(28)27-12-13-4-6-18(7-5-13)31(29,30)19-3-1-2-15(10-19)21(24,25)26/h1-3,8-11,13,18H,4-7,12H2,(H,27,28). The number of hydrogen-bond donors (Lipinski definition) is 1. The molecule has 2 aromatic carbocycles. The van der Waals surface area contributed by atoms with E-state index in [1.54, 1.807) is 0 Å². The van der Waals surface area contributed by atoms with E-state index in [4.69, 9.17) is 11.6 Å². The number of alkyl halides is 3. The molecule has 0 bridgehead atoms. The lowest BCUT2D eigenvalue weighted by atomic mass is 9.89. The summed E-state index contributed by atoms with van der Waals surface area (Å²) in [6.45, 7) is 0.281. The lowest BCUT2D eigenvalue weighted by Crippen LogP contribution is -2.34. The van der Waals surface area contributed by atoms with Crippen LogP contribution in [0.15, 0.2) is 47.4 Å². The molecular weight excluding hydrogens is 458 g/mol. The normalized spacial score (nSPS) is 19.8. The van der Waals surface area contributed by atoms with Crippen LogP contribution >= 0.6 is 11.6 Å². The van der Waals surface area contributed by atoms with Gasteiger partial charge in [0.2, 0.25) is 0 Å². The van der Waals surface area contributed by atoms with Gasteiger partial charge >= 0.3 is 6.18 Å². The SMILES string of the molecule is O=C(NCC1CCC(S(=O)(=O)c2cccc(C(F)(F)F)c2)CC1)c1cc(F)cc(Cl)c1. The van der Waals surface area contributed by atoms with Gasteiger partial charge in [0, 0.05) is 17.1 Å². The lowest BCUT2D eigenvalue weighted by Gasteiger charge is -2.28. The third kappa shape index (κ3) is 5.77. The van der Waals surface area contributed by atoms with Gasteiger partial charge in [0.15, 0.2) is 9.84 Å².